The van der Waals surface area contributed by atoms with Gasteiger partial charge in [-0.3, -0.25) is 0 Å². The van der Waals surface area contributed by atoms with Crippen molar-refractivity contribution in [2.24, 2.45) is 0 Å². The van der Waals surface area contributed by atoms with E-state index in [0.29, 0.717) is 32.4 Å². The lowest BCUT2D eigenvalue weighted by atomic mass is 9.91. The number of rotatable bonds is 2. The molecular formula is C8H16BF3NO-. The average Bonchev–Trinajstić information content (AvgIpc) is 2.10. The third kappa shape index (κ3) is 4.33. The molecule has 1 saturated heterocycles. The molecule has 0 aromatic rings. The van der Waals surface area contributed by atoms with Crippen LogP contribution in [-0.4, -0.2) is 42.1 Å². The van der Waals surface area contributed by atoms with Crippen molar-refractivity contribution in [1.29, 1.82) is 0 Å². The van der Waals surface area contributed by atoms with Crippen molar-refractivity contribution in [2.45, 2.75) is 31.8 Å². The Bertz CT molecular complexity index is 196. The summed E-state index contributed by atoms with van der Waals surface area (Å²) in [4.78, 5) is 1.39. The van der Waals surface area contributed by atoms with Gasteiger partial charge in [0.2, 0.25) is 0 Å². The molecule has 1 unspecified atom stereocenters. The molecule has 1 atom stereocenters. The van der Waals surface area contributed by atoms with Crippen LogP contribution in [0.5, 0.6) is 0 Å². The summed E-state index contributed by atoms with van der Waals surface area (Å²) in [6.07, 6.45) is 0.864. The van der Waals surface area contributed by atoms with Crippen molar-refractivity contribution in [1.82, 2.24) is 4.90 Å². The van der Waals surface area contributed by atoms with E-state index < -0.39 is 19.0 Å². The third-order valence-corrected chi connectivity index (χ3v) is 2.62. The highest BCUT2D eigenvalue weighted by Gasteiger charge is 2.30. The summed E-state index contributed by atoms with van der Waals surface area (Å²) >= 11 is 0. The number of hydrogen-bond donors (Lipinski definition) is 1. The molecule has 0 saturated carbocycles. The fourth-order valence-electron chi connectivity index (χ4n) is 1.79. The maximum absolute atomic E-state index is 12.1. The van der Waals surface area contributed by atoms with Crippen molar-refractivity contribution < 1.29 is 18.1 Å². The van der Waals surface area contributed by atoms with Crippen LogP contribution in [0.15, 0.2) is 0 Å². The number of nitrogens with zero attached hydrogens (tertiary/aromatic N) is 1. The molecule has 0 bridgehead atoms. The Morgan fingerprint density at radius 1 is 1.29 bits per heavy atom. The van der Waals surface area contributed by atoms with Gasteiger partial charge in [0.1, 0.15) is 0 Å². The van der Waals surface area contributed by atoms with Crippen LogP contribution in [0.4, 0.5) is 12.9 Å². The first-order valence-electron chi connectivity index (χ1n) is 4.94. The smallest absolute Gasteiger partial charge is 0.448 e. The van der Waals surface area contributed by atoms with Crippen molar-refractivity contribution in [3.8, 4) is 0 Å². The molecule has 14 heavy (non-hydrogen) atoms. The van der Waals surface area contributed by atoms with Crippen LogP contribution < -0.4 is 0 Å². The molecule has 6 heteroatoms. The Kier molecular flexibility index (Phi) is 3.47. The van der Waals surface area contributed by atoms with E-state index in [0.717, 1.165) is 0 Å². The van der Waals surface area contributed by atoms with Gasteiger partial charge in [0.25, 0.3) is 0 Å². The van der Waals surface area contributed by atoms with E-state index in [4.69, 9.17) is 0 Å². The first kappa shape index (κ1) is 11.8. The first-order valence-corrected chi connectivity index (χ1v) is 4.94. The summed E-state index contributed by atoms with van der Waals surface area (Å²) in [6.45, 7) is -2.26. The van der Waals surface area contributed by atoms with Gasteiger partial charge in [-0.15, -0.1) is 0 Å². The summed E-state index contributed by atoms with van der Waals surface area (Å²) in [5, 5.41) is 9.67. The quantitative estimate of drug-likeness (QED) is 0.700. The molecule has 84 valence electrons. The Labute approximate surface area is 82.1 Å². The summed E-state index contributed by atoms with van der Waals surface area (Å²) < 4.78 is 36.4. The highest BCUT2D eigenvalue weighted by Crippen LogP contribution is 2.22. The molecule has 0 aliphatic carbocycles. The van der Waals surface area contributed by atoms with Crippen molar-refractivity contribution in [3.63, 3.8) is 0 Å². The maximum atomic E-state index is 12.1. The monoisotopic (exact) mass is 210 g/mol. The van der Waals surface area contributed by atoms with E-state index >= 15 is 0 Å². The lowest BCUT2D eigenvalue weighted by molar-refractivity contribution is 0.0449. The SMILES string of the molecule is CC1(O)CCCN(C[B-](F)(F)F)CC1. The summed E-state index contributed by atoms with van der Waals surface area (Å²) in [6, 6.07) is 0. The van der Waals surface area contributed by atoms with Crippen LogP contribution in [0.1, 0.15) is 26.2 Å². The van der Waals surface area contributed by atoms with Gasteiger partial charge >= 0.3 is 6.98 Å². The normalized spacial score (nSPS) is 31.5. The molecule has 0 radical (unpaired) electrons. The second-order valence-electron chi connectivity index (χ2n) is 4.36. The minimum absolute atomic E-state index is 0.342. The minimum atomic E-state index is -4.73. The third-order valence-electron chi connectivity index (χ3n) is 2.62. The Morgan fingerprint density at radius 2 is 1.93 bits per heavy atom. The molecule has 0 amide bonds. The second-order valence-corrected chi connectivity index (χ2v) is 4.36. The summed E-state index contributed by atoms with van der Waals surface area (Å²) in [5.41, 5.74) is -0.784. The Balaban J connectivity index is 2.43. The van der Waals surface area contributed by atoms with Gasteiger partial charge in [0, 0.05) is 0 Å². The Hall–Kier alpha value is -0.225. The van der Waals surface area contributed by atoms with E-state index in [1.54, 1.807) is 6.92 Å². The first-order chi connectivity index (χ1) is 6.29. The zero-order chi connectivity index (χ0) is 10.8. The number of likely N-dealkylation sites (tertiary alicyclic amines) is 1. The van der Waals surface area contributed by atoms with Crippen LogP contribution >= 0.6 is 0 Å². The molecule has 2 nitrogen and oxygen atoms in total. The fourth-order valence-corrected chi connectivity index (χ4v) is 1.79. The molecule has 1 aliphatic heterocycles. The zero-order valence-corrected chi connectivity index (χ0v) is 8.35. The summed E-state index contributed by atoms with van der Waals surface area (Å²) in [7, 11) is 0. The van der Waals surface area contributed by atoms with Gasteiger partial charge in [-0.2, -0.15) is 0 Å². The van der Waals surface area contributed by atoms with E-state index in [1.165, 1.54) is 4.90 Å². The van der Waals surface area contributed by atoms with Gasteiger partial charge in [-0.25, -0.2) is 0 Å². The molecule has 1 N–H and O–H groups in total. The van der Waals surface area contributed by atoms with Crippen LogP contribution in [0, 0.1) is 0 Å². The van der Waals surface area contributed by atoms with E-state index in [1.807, 2.05) is 0 Å². The average molecular weight is 210 g/mol. The molecule has 0 aromatic heterocycles. The predicted molar refractivity (Wildman–Crippen MR) is 50.0 cm³/mol. The topological polar surface area (TPSA) is 23.5 Å². The highest BCUT2D eigenvalue weighted by atomic mass is 19.4. The van der Waals surface area contributed by atoms with E-state index in [2.05, 4.69) is 0 Å². The summed E-state index contributed by atoms with van der Waals surface area (Å²) in [5.74, 6) is 0. The van der Waals surface area contributed by atoms with Crippen LogP contribution in [0.2, 0.25) is 0 Å². The largest absolute Gasteiger partial charge is 0.492 e. The maximum Gasteiger partial charge on any atom is 0.492 e. The van der Waals surface area contributed by atoms with E-state index in [9.17, 15) is 18.1 Å². The lowest BCUT2D eigenvalue weighted by Crippen LogP contribution is -2.39. The number of aliphatic hydroxyl groups is 1. The minimum Gasteiger partial charge on any atom is -0.448 e. The highest BCUT2D eigenvalue weighted by molar-refractivity contribution is 6.58. The van der Waals surface area contributed by atoms with Gasteiger partial charge < -0.3 is 23.0 Å². The van der Waals surface area contributed by atoms with Gasteiger partial charge in [0.15, 0.2) is 0 Å². The van der Waals surface area contributed by atoms with Gasteiger partial charge in [-0.1, -0.05) is 0 Å². The lowest BCUT2D eigenvalue weighted by Gasteiger charge is -2.26. The number of halogens is 3. The number of hydrogen-bond acceptors (Lipinski definition) is 2. The van der Waals surface area contributed by atoms with Crippen molar-refractivity contribution in [3.05, 3.63) is 0 Å². The van der Waals surface area contributed by atoms with Crippen LogP contribution in [0.25, 0.3) is 0 Å². The predicted octanol–water partition coefficient (Wildman–Crippen LogP) is 1.61. The standard InChI is InChI=1S/C8H16BF3NO/c1-8(14)3-2-5-13(6-4-8)7-9(10,11)12/h14H,2-7H2,1H3/q-1. The van der Waals surface area contributed by atoms with Gasteiger partial charge in [0.05, 0.1) is 5.60 Å². The van der Waals surface area contributed by atoms with Crippen molar-refractivity contribution >= 4 is 6.98 Å². The molecule has 1 aliphatic rings. The van der Waals surface area contributed by atoms with Gasteiger partial charge in [-0.05, 0) is 45.7 Å². The zero-order valence-electron chi connectivity index (χ0n) is 8.35. The molecule has 0 spiro atoms. The van der Waals surface area contributed by atoms with Crippen LogP contribution in [-0.2, 0) is 0 Å². The molecule has 1 rings (SSSR count). The fraction of sp³-hybridized carbons (Fsp3) is 1.00. The van der Waals surface area contributed by atoms with Crippen molar-refractivity contribution in [2.75, 3.05) is 19.5 Å². The molecular weight excluding hydrogens is 194 g/mol. The van der Waals surface area contributed by atoms with E-state index in [-0.39, 0.29) is 0 Å². The molecule has 0 aromatic carbocycles. The van der Waals surface area contributed by atoms with Crippen LogP contribution in [0.3, 0.4) is 0 Å². The Morgan fingerprint density at radius 3 is 2.50 bits per heavy atom. The second kappa shape index (κ2) is 4.10. The molecule has 1 heterocycles. The molecule has 1 fully saturated rings.